The van der Waals surface area contributed by atoms with Crippen LogP contribution in [0.1, 0.15) is 0 Å². The van der Waals surface area contributed by atoms with E-state index in [0.29, 0.717) is 0 Å². The summed E-state index contributed by atoms with van der Waals surface area (Å²) in [7, 11) is 0. The summed E-state index contributed by atoms with van der Waals surface area (Å²) in [5.41, 5.74) is 0. The molecule has 0 aliphatic heterocycles. The molecule has 0 nitrogen and oxygen atoms in total. The summed E-state index contributed by atoms with van der Waals surface area (Å²) in [6, 6.07) is 0. The third-order valence-electron chi connectivity index (χ3n) is 0. The van der Waals surface area contributed by atoms with Crippen LogP contribution in [0.4, 0.5) is 0 Å². The third kappa shape index (κ3) is 19.8. The van der Waals surface area contributed by atoms with Crippen LogP contribution in [0.25, 0.3) is 0 Å². The van der Waals surface area contributed by atoms with Gasteiger partial charge in [-0.2, -0.15) is 0 Å². The van der Waals surface area contributed by atoms with Gasteiger partial charge in [0.2, 0.25) is 0 Å². The molecule has 0 spiro atoms. The molecule has 0 bridgehead atoms. The summed E-state index contributed by atoms with van der Waals surface area (Å²) in [5.74, 6) is 0. The van der Waals surface area contributed by atoms with E-state index in [0.717, 1.165) is 0 Å². The Morgan fingerprint density at radius 2 is 0.400 bits per heavy atom. The van der Waals surface area contributed by atoms with Crippen LogP contribution < -0.4 is 0 Å². The van der Waals surface area contributed by atoms with Crippen LogP contribution >= 0.6 is 0 Å². The third-order valence-corrected chi connectivity index (χ3v) is 0. The molecule has 0 amide bonds. The molecule has 0 saturated carbocycles. The molecule has 0 rings (SSSR count). The Morgan fingerprint density at radius 3 is 0.400 bits per heavy atom. The van der Waals surface area contributed by atoms with Crippen molar-refractivity contribution in [2.24, 2.45) is 0 Å². The maximum atomic E-state index is 0. The van der Waals surface area contributed by atoms with Gasteiger partial charge in [-0.05, 0) is 0 Å². The summed E-state index contributed by atoms with van der Waals surface area (Å²) >= 11 is 0. The summed E-state index contributed by atoms with van der Waals surface area (Å²) in [4.78, 5) is 0. The van der Waals surface area contributed by atoms with Gasteiger partial charge in [0.25, 0.3) is 0 Å². The molecule has 5 heavy (non-hydrogen) atoms. The summed E-state index contributed by atoms with van der Waals surface area (Å²) in [5, 5.41) is 0. The Labute approximate surface area is 90.1 Å². The second-order valence-electron chi connectivity index (χ2n) is 0. The van der Waals surface area contributed by atoms with Crippen molar-refractivity contribution < 1.29 is 21.1 Å². The fourth-order valence-corrected chi connectivity index (χ4v) is 0. The maximum absolute atomic E-state index is 0. The van der Waals surface area contributed by atoms with Crippen molar-refractivity contribution >= 4 is 70.4 Å². The van der Waals surface area contributed by atoms with Crippen LogP contribution in [-0.4, -0.2) is 70.4 Å². The topological polar surface area (TPSA) is 0 Å². The number of rotatable bonds is 0. The first-order chi connectivity index (χ1) is 0. The molecule has 0 aliphatic rings. The summed E-state index contributed by atoms with van der Waals surface area (Å²) < 4.78 is 0. The monoisotopic (exact) mass is 500 g/mol. The second kappa shape index (κ2) is 28.8. The molecule has 0 fully saturated rings. The van der Waals surface area contributed by atoms with E-state index in [1.807, 2.05) is 0 Å². The van der Waals surface area contributed by atoms with E-state index < -0.39 is 0 Å². The Balaban J connectivity index is 0. The zero-order chi connectivity index (χ0) is 0. The van der Waals surface area contributed by atoms with Crippen LogP contribution in [0.5, 0.6) is 0 Å². The molecule has 0 aromatic heterocycles. The minimum atomic E-state index is 0. The van der Waals surface area contributed by atoms with Crippen LogP contribution in [0.3, 0.4) is 0 Å². The van der Waals surface area contributed by atoms with Crippen molar-refractivity contribution in [3.05, 3.63) is 0 Å². The van der Waals surface area contributed by atoms with Crippen LogP contribution in [-0.2, 0) is 21.1 Å². The molecular formula is H20Ge4W. The molecule has 5 heteroatoms. The first-order valence-electron chi connectivity index (χ1n) is 0. The van der Waals surface area contributed by atoms with Crippen LogP contribution in [0.2, 0.25) is 0 Å². The van der Waals surface area contributed by atoms with E-state index in [9.17, 15) is 0 Å². The predicted octanol–water partition coefficient (Wildman–Crippen LogP) is -6.88. The fourth-order valence-electron chi connectivity index (χ4n) is 0. The van der Waals surface area contributed by atoms with E-state index in [1.54, 1.807) is 0 Å². The van der Waals surface area contributed by atoms with Gasteiger partial charge in [-0.15, -0.1) is 0 Å². The standard InChI is InChI=1S/4GeH5.W/h4*1H5;/q4*-1;+4. The van der Waals surface area contributed by atoms with Gasteiger partial charge in [0.05, 0.1) is 0 Å². The predicted molar refractivity (Wildman–Crippen MR) is 50.9 cm³/mol. The number of hydrogen-bond acceptors (Lipinski definition) is 0. The van der Waals surface area contributed by atoms with Crippen molar-refractivity contribution in [3.8, 4) is 0 Å². The molecule has 0 atom stereocenters. The minimum absolute atomic E-state index is 0. The van der Waals surface area contributed by atoms with Crippen molar-refractivity contribution in [3.63, 3.8) is 0 Å². The Kier molecular flexibility index (Phi) is 261. The fraction of sp³-hybridized carbons (Fsp3) is 0. The van der Waals surface area contributed by atoms with Gasteiger partial charge in [-0.1, -0.05) is 0 Å². The molecule has 0 aliphatic carbocycles. The molecule has 0 saturated heterocycles. The van der Waals surface area contributed by atoms with Crippen molar-refractivity contribution in [1.29, 1.82) is 0 Å². The molecule has 42 valence electrons. The number of hydrogen-bond donors (Lipinski definition) is 0. The second-order valence-corrected chi connectivity index (χ2v) is 0. The van der Waals surface area contributed by atoms with Gasteiger partial charge in [0.1, 0.15) is 0 Å². The van der Waals surface area contributed by atoms with Gasteiger partial charge in [-0.25, -0.2) is 0 Å². The first-order valence-corrected chi connectivity index (χ1v) is 0. The largest absolute Gasteiger partial charge is 4.00 e. The van der Waals surface area contributed by atoms with Gasteiger partial charge >= 0.3 is 91.5 Å². The maximum Gasteiger partial charge on any atom is 4.00 e. The van der Waals surface area contributed by atoms with E-state index in [1.165, 1.54) is 0 Å². The SMILES string of the molecule is [GeH5-].[GeH5-].[GeH5-].[GeH5-].[W+4]. The molecule has 0 aromatic carbocycles. The molecule has 0 N–H and O–H groups in total. The zero-order valence-electron chi connectivity index (χ0n) is 0.408. The van der Waals surface area contributed by atoms with Crippen LogP contribution in [0.15, 0.2) is 0 Å². The van der Waals surface area contributed by atoms with Gasteiger partial charge in [-0.3, -0.25) is 0 Å². The normalized spacial score (nSPS) is 0. The molecular weight excluding hydrogens is 474 g/mol. The van der Waals surface area contributed by atoms with E-state index in [-0.39, 0.29) is 91.5 Å². The molecule has 0 aromatic rings. The Bertz CT molecular complexity index is 3.61. The summed E-state index contributed by atoms with van der Waals surface area (Å²) in [6.45, 7) is 0. The van der Waals surface area contributed by atoms with Gasteiger partial charge < -0.3 is 0 Å². The average molecular weight is 494 g/mol. The molecule has 0 radical (unpaired) electrons. The Morgan fingerprint density at radius 1 is 0.400 bits per heavy atom. The van der Waals surface area contributed by atoms with Crippen LogP contribution in [0, 0.1) is 0 Å². The van der Waals surface area contributed by atoms with E-state index in [4.69, 9.17) is 0 Å². The first kappa shape index (κ1) is 45.2. The van der Waals surface area contributed by atoms with Crippen molar-refractivity contribution in [2.75, 3.05) is 0 Å². The van der Waals surface area contributed by atoms with Gasteiger partial charge in [0, 0.05) is 0 Å². The quantitative estimate of drug-likeness (QED) is 0.294. The smallest absolute Gasteiger partial charge is 4.00 e. The zero-order valence-corrected chi connectivity index (χ0v) is 3.34. The van der Waals surface area contributed by atoms with Crippen molar-refractivity contribution in [2.45, 2.75) is 0 Å². The Hall–Kier alpha value is 2.86. The van der Waals surface area contributed by atoms with Gasteiger partial charge in [0.15, 0.2) is 0 Å². The average Bonchev–Trinajstić information content (AvgIpc) is 0. The molecule has 0 unspecified atom stereocenters. The minimum Gasteiger partial charge on any atom is 4.00 e. The van der Waals surface area contributed by atoms with Crippen molar-refractivity contribution in [1.82, 2.24) is 0 Å². The summed E-state index contributed by atoms with van der Waals surface area (Å²) in [6.07, 6.45) is 0. The van der Waals surface area contributed by atoms with E-state index >= 15 is 0 Å². The molecule has 0 heterocycles. The van der Waals surface area contributed by atoms with E-state index in [2.05, 4.69) is 0 Å².